The second-order valence-corrected chi connectivity index (χ2v) is 6.30. The number of hydrogen-bond donors (Lipinski definition) is 1. The zero-order valence-electron chi connectivity index (χ0n) is 10.7. The first-order chi connectivity index (χ1) is 8.56. The van der Waals surface area contributed by atoms with E-state index in [9.17, 15) is 0 Å². The lowest BCUT2D eigenvalue weighted by Gasteiger charge is -2.10. The molecule has 5 heteroatoms. The van der Waals surface area contributed by atoms with Gasteiger partial charge in [0, 0.05) is 39.9 Å². The van der Waals surface area contributed by atoms with Crippen LogP contribution in [0.25, 0.3) is 10.7 Å². The van der Waals surface area contributed by atoms with Crippen molar-refractivity contribution < 1.29 is 0 Å². The third-order valence-corrected chi connectivity index (χ3v) is 4.26. The lowest BCUT2D eigenvalue weighted by molar-refractivity contribution is 0.585. The third-order valence-electron chi connectivity index (χ3n) is 2.57. The normalized spacial score (nSPS) is 11.2. The molecule has 0 unspecified atom stereocenters. The number of thiophene rings is 1. The summed E-state index contributed by atoms with van der Waals surface area (Å²) in [5, 5.41) is 5.42. The van der Waals surface area contributed by atoms with Crippen molar-refractivity contribution in [2.24, 2.45) is 0 Å². The highest BCUT2D eigenvalue weighted by atomic mass is 79.9. The maximum atomic E-state index is 4.57. The van der Waals surface area contributed by atoms with Gasteiger partial charge >= 0.3 is 0 Å². The van der Waals surface area contributed by atoms with Gasteiger partial charge in [0.1, 0.15) is 0 Å². The summed E-state index contributed by atoms with van der Waals surface area (Å²) in [7, 11) is 0. The summed E-state index contributed by atoms with van der Waals surface area (Å²) in [6.45, 7) is 7.12. The molecule has 18 heavy (non-hydrogen) atoms. The fourth-order valence-electron chi connectivity index (χ4n) is 1.53. The van der Waals surface area contributed by atoms with Crippen LogP contribution in [0.5, 0.6) is 0 Å². The maximum Gasteiger partial charge on any atom is 0.169 e. The van der Waals surface area contributed by atoms with E-state index in [4.69, 9.17) is 0 Å². The van der Waals surface area contributed by atoms with Gasteiger partial charge in [-0.05, 0) is 28.9 Å². The van der Waals surface area contributed by atoms with Gasteiger partial charge in [-0.1, -0.05) is 13.8 Å². The highest BCUT2D eigenvalue weighted by molar-refractivity contribution is 9.10. The molecule has 0 aromatic carbocycles. The summed E-state index contributed by atoms with van der Waals surface area (Å²) < 4.78 is 1.08. The minimum atomic E-state index is 0.470. The number of aryl methyl sites for hydroxylation is 1. The van der Waals surface area contributed by atoms with Crippen molar-refractivity contribution in [3.8, 4) is 10.7 Å². The van der Waals surface area contributed by atoms with Crippen LogP contribution >= 0.6 is 27.3 Å². The van der Waals surface area contributed by atoms with E-state index in [-0.39, 0.29) is 0 Å². The van der Waals surface area contributed by atoms with Crippen molar-refractivity contribution in [1.29, 1.82) is 0 Å². The molecule has 1 N–H and O–H groups in total. The molecule has 2 rings (SSSR count). The van der Waals surface area contributed by atoms with Crippen molar-refractivity contribution in [2.75, 3.05) is 0 Å². The molecule has 0 saturated heterocycles. The predicted molar refractivity (Wildman–Crippen MR) is 79.8 cm³/mol. The van der Waals surface area contributed by atoms with Crippen LogP contribution in [0.3, 0.4) is 0 Å². The molecule has 0 fully saturated rings. The fourth-order valence-corrected chi connectivity index (χ4v) is 2.90. The smallest absolute Gasteiger partial charge is 0.169 e. The number of halogens is 1. The molecule has 0 spiro atoms. The van der Waals surface area contributed by atoms with E-state index in [1.807, 2.05) is 24.6 Å². The molecule has 2 aromatic heterocycles. The van der Waals surface area contributed by atoms with E-state index in [1.165, 1.54) is 0 Å². The SMILES string of the molecule is Cc1nc(-c2cc(Br)cs2)ncc1CNC(C)C. The van der Waals surface area contributed by atoms with Crippen LogP contribution in [-0.2, 0) is 6.54 Å². The lowest BCUT2D eigenvalue weighted by Crippen LogP contribution is -2.22. The summed E-state index contributed by atoms with van der Waals surface area (Å²) in [6, 6.07) is 2.52. The van der Waals surface area contributed by atoms with E-state index in [0.29, 0.717) is 6.04 Å². The molecule has 2 heterocycles. The van der Waals surface area contributed by atoms with Crippen molar-refractivity contribution in [3.05, 3.63) is 33.4 Å². The van der Waals surface area contributed by atoms with E-state index in [2.05, 4.69) is 45.1 Å². The van der Waals surface area contributed by atoms with Gasteiger partial charge in [-0.2, -0.15) is 0 Å². The summed E-state index contributed by atoms with van der Waals surface area (Å²) in [4.78, 5) is 10.1. The average Bonchev–Trinajstić information content (AvgIpc) is 2.74. The molecule has 2 aromatic rings. The number of nitrogens with one attached hydrogen (secondary N) is 1. The van der Waals surface area contributed by atoms with Gasteiger partial charge in [-0.15, -0.1) is 11.3 Å². The van der Waals surface area contributed by atoms with Gasteiger partial charge in [-0.25, -0.2) is 9.97 Å². The van der Waals surface area contributed by atoms with Crippen molar-refractivity contribution in [2.45, 2.75) is 33.4 Å². The Balaban J connectivity index is 2.19. The molecule has 0 radical (unpaired) electrons. The Morgan fingerprint density at radius 1 is 1.44 bits per heavy atom. The number of rotatable bonds is 4. The van der Waals surface area contributed by atoms with Gasteiger partial charge in [0.05, 0.1) is 4.88 Å². The second kappa shape index (κ2) is 5.91. The molecular formula is C13H16BrN3S. The monoisotopic (exact) mass is 325 g/mol. The van der Waals surface area contributed by atoms with Crippen LogP contribution in [0.1, 0.15) is 25.1 Å². The van der Waals surface area contributed by atoms with Gasteiger partial charge in [0.15, 0.2) is 5.82 Å². The Morgan fingerprint density at radius 2 is 2.22 bits per heavy atom. The standard InChI is InChI=1S/C13H16BrN3S/c1-8(2)15-5-10-6-16-13(17-9(10)3)12-4-11(14)7-18-12/h4,6-8,15H,5H2,1-3H3. The maximum absolute atomic E-state index is 4.57. The molecule has 3 nitrogen and oxygen atoms in total. The Bertz CT molecular complexity index is 537. The minimum absolute atomic E-state index is 0.470. The summed E-state index contributed by atoms with van der Waals surface area (Å²) in [6.07, 6.45) is 1.92. The van der Waals surface area contributed by atoms with E-state index >= 15 is 0 Å². The molecule has 0 amide bonds. The van der Waals surface area contributed by atoms with E-state index in [1.54, 1.807) is 11.3 Å². The molecule has 0 aliphatic heterocycles. The minimum Gasteiger partial charge on any atom is -0.310 e. The predicted octanol–water partition coefficient (Wildman–Crippen LogP) is 3.77. The largest absolute Gasteiger partial charge is 0.310 e. The van der Waals surface area contributed by atoms with Crippen LogP contribution in [0.2, 0.25) is 0 Å². The second-order valence-electron chi connectivity index (χ2n) is 4.47. The number of hydrogen-bond acceptors (Lipinski definition) is 4. The van der Waals surface area contributed by atoms with Crippen molar-refractivity contribution in [3.63, 3.8) is 0 Å². The van der Waals surface area contributed by atoms with Crippen LogP contribution in [0.4, 0.5) is 0 Å². The van der Waals surface area contributed by atoms with Crippen molar-refractivity contribution >= 4 is 27.3 Å². The van der Waals surface area contributed by atoms with E-state index in [0.717, 1.165) is 33.0 Å². The average molecular weight is 326 g/mol. The van der Waals surface area contributed by atoms with Crippen molar-refractivity contribution in [1.82, 2.24) is 15.3 Å². The quantitative estimate of drug-likeness (QED) is 0.929. The third kappa shape index (κ3) is 3.37. The topological polar surface area (TPSA) is 37.8 Å². The zero-order chi connectivity index (χ0) is 13.1. The summed E-state index contributed by atoms with van der Waals surface area (Å²) >= 11 is 5.10. The lowest BCUT2D eigenvalue weighted by atomic mass is 10.2. The first-order valence-electron chi connectivity index (χ1n) is 5.86. The zero-order valence-corrected chi connectivity index (χ0v) is 13.1. The van der Waals surface area contributed by atoms with Crippen LogP contribution < -0.4 is 5.32 Å². The highest BCUT2D eigenvalue weighted by Gasteiger charge is 2.07. The Hall–Kier alpha value is -0.780. The van der Waals surface area contributed by atoms with E-state index < -0.39 is 0 Å². The molecule has 0 bridgehead atoms. The van der Waals surface area contributed by atoms with Crippen LogP contribution in [0, 0.1) is 6.92 Å². The molecule has 0 aliphatic carbocycles. The molecular weight excluding hydrogens is 310 g/mol. The summed E-state index contributed by atoms with van der Waals surface area (Å²) in [5.74, 6) is 0.802. The Morgan fingerprint density at radius 3 is 2.78 bits per heavy atom. The van der Waals surface area contributed by atoms with Gasteiger partial charge < -0.3 is 5.32 Å². The van der Waals surface area contributed by atoms with Gasteiger partial charge in [0.25, 0.3) is 0 Å². The molecule has 0 atom stereocenters. The fraction of sp³-hybridized carbons (Fsp3) is 0.385. The number of aromatic nitrogens is 2. The highest BCUT2D eigenvalue weighted by Crippen LogP contribution is 2.27. The van der Waals surface area contributed by atoms with Gasteiger partial charge in [0.2, 0.25) is 0 Å². The number of nitrogens with zero attached hydrogens (tertiary/aromatic N) is 2. The Kier molecular flexibility index (Phi) is 4.48. The van der Waals surface area contributed by atoms with Crippen LogP contribution in [0.15, 0.2) is 22.1 Å². The Labute approximate surface area is 120 Å². The van der Waals surface area contributed by atoms with Crippen LogP contribution in [-0.4, -0.2) is 16.0 Å². The first-order valence-corrected chi connectivity index (χ1v) is 7.54. The molecule has 96 valence electrons. The summed E-state index contributed by atoms with van der Waals surface area (Å²) in [5.41, 5.74) is 2.20. The molecule has 0 aliphatic rings. The molecule has 0 saturated carbocycles. The van der Waals surface area contributed by atoms with Gasteiger partial charge in [-0.3, -0.25) is 0 Å². The first kappa shape index (κ1) is 13.6.